The first-order chi connectivity index (χ1) is 8.04. The van der Waals surface area contributed by atoms with E-state index in [1.165, 1.54) is 0 Å². The minimum Gasteiger partial charge on any atom is -0.390 e. The highest BCUT2D eigenvalue weighted by Gasteiger charge is 2.08. The maximum Gasteiger partial charge on any atom is 0.102 e. The highest BCUT2D eigenvalue weighted by molar-refractivity contribution is 5.60. The molecule has 1 aromatic rings. The van der Waals surface area contributed by atoms with Crippen molar-refractivity contribution in [1.29, 1.82) is 5.26 Å². The lowest BCUT2D eigenvalue weighted by molar-refractivity contribution is 0.148. The van der Waals surface area contributed by atoms with Crippen LogP contribution in [0.2, 0.25) is 0 Å². The fraction of sp³-hybridized carbons (Fsp3) is 0.462. The maximum absolute atomic E-state index is 9.73. The zero-order valence-corrected chi connectivity index (χ0v) is 10.6. The summed E-state index contributed by atoms with van der Waals surface area (Å²) in [4.78, 5) is 1.92. The number of nitrogens with one attached hydrogen (secondary N) is 1. The fourth-order valence-corrected chi connectivity index (χ4v) is 1.68. The Kier molecular flexibility index (Phi) is 4.95. The molecule has 4 heteroatoms. The monoisotopic (exact) mass is 233 g/mol. The predicted octanol–water partition coefficient (Wildman–Crippen LogP) is 1.20. The number of hydrogen-bond acceptors (Lipinski definition) is 4. The molecule has 0 heterocycles. The van der Waals surface area contributed by atoms with Crippen LogP contribution in [0, 0.1) is 18.3 Å². The minimum absolute atomic E-state index is 0.441. The summed E-state index contributed by atoms with van der Waals surface area (Å²) in [6.45, 7) is 2.94. The number of hydrogen-bond donors (Lipinski definition) is 2. The average molecular weight is 233 g/mol. The van der Waals surface area contributed by atoms with Crippen molar-refractivity contribution in [3.8, 4) is 6.07 Å². The molecule has 0 radical (unpaired) electrons. The van der Waals surface area contributed by atoms with Gasteiger partial charge < -0.3 is 15.3 Å². The highest BCUT2D eigenvalue weighted by Crippen LogP contribution is 2.18. The molecule has 0 saturated carbocycles. The van der Waals surface area contributed by atoms with E-state index in [0.29, 0.717) is 18.7 Å². The van der Waals surface area contributed by atoms with Crippen molar-refractivity contribution in [3.05, 3.63) is 29.3 Å². The number of aliphatic hydroxyl groups is 1. The van der Waals surface area contributed by atoms with E-state index < -0.39 is 6.10 Å². The Labute approximate surface area is 102 Å². The molecule has 0 aromatic heterocycles. The van der Waals surface area contributed by atoms with Gasteiger partial charge in [0.15, 0.2) is 0 Å². The molecule has 0 aliphatic heterocycles. The minimum atomic E-state index is -0.447. The van der Waals surface area contributed by atoms with Gasteiger partial charge in [0, 0.05) is 13.1 Å². The number of rotatable bonds is 5. The van der Waals surface area contributed by atoms with Gasteiger partial charge in [-0.3, -0.25) is 0 Å². The van der Waals surface area contributed by atoms with Crippen LogP contribution < -0.4 is 5.32 Å². The van der Waals surface area contributed by atoms with E-state index in [-0.39, 0.29) is 0 Å². The number of nitriles is 1. The van der Waals surface area contributed by atoms with E-state index in [1.807, 2.05) is 44.1 Å². The van der Waals surface area contributed by atoms with Gasteiger partial charge in [0.2, 0.25) is 0 Å². The van der Waals surface area contributed by atoms with E-state index in [9.17, 15) is 5.11 Å². The lowest BCUT2D eigenvalue weighted by Crippen LogP contribution is -2.31. The second-order valence-electron chi connectivity index (χ2n) is 4.41. The largest absolute Gasteiger partial charge is 0.390 e. The summed E-state index contributed by atoms with van der Waals surface area (Å²) < 4.78 is 0. The zero-order chi connectivity index (χ0) is 12.8. The molecule has 17 heavy (non-hydrogen) atoms. The quantitative estimate of drug-likeness (QED) is 0.802. The Morgan fingerprint density at radius 1 is 1.47 bits per heavy atom. The van der Waals surface area contributed by atoms with Crippen LogP contribution >= 0.6 is 0 Å². The topological polar surface area (TPSA) is 59.3 Å². The summed E-state index contributed by atoms with van der Waals surface area (Å²) >= 11 is 0. The SMILES string of the molecule is Cc1cccc(NCC(O)CN(C)C)c1C#N. The molecule has 0 bridgehead atoms. The molecule has 2 N–H and O–H groups in total. The lowest BCUT2D eigenvalue weighted by atomic mass is 10.1. The van der Waals surface area contributed by atoms with Gasteiger partial charge in [-0.2, -0.15) is 5.26 Å². The number of nitrogens with zero attached hydrogens (tertiary/aromatic N) is 2. The Morgan fingerprint density at radius 3 is 2.76 bits per heavy atom. The number of likely N-dealkylation sites (N-methyl/N-ethyl adjacent to an activating group) is 1. The van der Waals surface area contributed by atoms with Gasteiger partial charge in [-0.05, 0) is 32.6 Å². The smallest absolute Gasteiger partial charge is 0.102 e. The predicted molar refractivity (Wildman–Crippen MR) is 68.9 cm³/mol. The van der Waals surface area contributed by atoms with E-state index in [0.717, 1.165) is 11.3 Å². The van der Waals surface area contributed by atoms with Gasteiger partial charge in [0.05, 0.1) is 17.4 Å². The maximum atomic E-state index is 9.73. The van der Waals surface area contributed by atoms with E-state index in [4.69, 9.17) is 5.26 Å². The molecule has 92 valence electrons. The summed E-state index contributed by atoms with van der Waals surface area (Å²) in [6.07, 6.45) is -0.447. The third kappa shape index (κ3) is 4.06. The normalized spacial score (nSPS) is 12.2. The molecule has 0 aliphatic rings. The van der Waals surface area contributed by atoms with Crippen LogP contribution in [0.5, 0.6) is 0 Å². The molecule has 0 amide bonds. The van der Waals surface area contributed by atoms with Crippen molar-refractivity contribution in [3.63, 3.8) is 0 Å². The highest BCUT2D eigenvalue weighted by atomic mass is 16.3. The molecule has 1 rings (SSSR count). The van der Waals surface area contributed by atoms with Crippen LogP contribution in [0.15, 0.2) is 18.2 Å². The molecule has 4 nitrogen and oxygen atoms in total. The summed E-state index contributed by atoms with van der Waals surface area (Å²) in [5.41, 5.74) is 2.37. The molecule has 1 unspecified atom stereocenters. The molecule has 1 aromatic carbocycles. The zero-order valence-electron chi connectivity index (χ0n) is 10.6. The Morgan fingerprint density at radius 2 is 2.18 bits per heavy atom. The van der Waals surface area contributed by atoms with E-state index in [1.54, 1.807) is 0 Å². The van der Waals surface area contributed by atoms with Gasteiger partial charge >= 0.3 is 0 Å². The van der Waals surface area contributed by atoms with E-state index in [2.05, 4.69) is 11.4 Å². The number of aryl methyl sites for hydroxylation is 1. The summed E-state index contributed by atoms with van der Waals surface area (Å²) in [6, 6.07) is 7.83. The van der Waals surface area contributed by atoms with Crippen LogP contribution in [-0.2, 0) is 0 Å². The number of benzene rings is 1. The van der Waals surface area contributed by atoms with Crippen molar-refractivity contribution in [2.75, 3.05) is 32.5 Å². The first-order valence-electron chi connectivity index (χ1n) is 5.61. The summed E-state index contributed by atoms with van der Waals surface area (Å²) in [7, 11) is 3.83. The van der Waals surface area contributed by atoms with Crippen molar-refractivity contribution >= 4 is 5.69 Å². The van der Waals surface area contributed by atoms with Crippen LogP contribution in [0.3, 0.4) is 0 Å². The third-order valence-corrected chi connectivity index (χ3v) is 2.49. The van der Waals surface area contributed by atoms with Gasteiger partial charge in [-0.15, -0.1) is 0 Å². The lowest BCUT2D eigenvalue weighted by Gasteiger charge is -2.17. The Hall–Kier alpha value is -1.57. The number of aliphatic hydroxyl groups excluding tert-OH is 1. The van der Waals surface area contributed by atoms with Crippen molar-refractivity contribution in [2.24, 2.45) is 0 Å². The first kappa shape index (κ1) is 13.5. The molecular weight excluding hydrogens is 214 g/mol. The van der Waals surface area contributed by atoms with Gasteiger partial charge in [0.25, 0.3) is 0 Å². The molecule has 0 aliphatic carbocycles. The van der Waals surface area contributed by atoms with Gasteiger partial charge in [-0.1, -0.05) is 12.1 Å². The standard InChI is InChI=1S/C13H19N3O/c1-10-5-4-6-13(12(10)7-14)15-8-11(17)9-16(2)3/h4-6,11,15,17H,8-9H2,1-3H3. The van der Waals surface area contributed by atoms with Gasteiger partial charge in [-0.25, -0.2) is 0 Å². The van der Waals surface area contributed by atoms with Crippen molar-refractivity contribution in [2.45, 2.75) is 13.0 Å². The Bertz CT molecular complexity index is 410. The molecule has 0 saturated heterocycles. The molecule has 0 spiro atoms. The molecule has 1 atom stereocenters. The number of anilines is 1. The second-order valence-corrected chi connectivity index (χ2v) is 4.41. The molecular formula is C13H19N3O. The summed E-state index contributed by atoms with van der Waals surface area (Å²) in [5.74, 6) is 0. The summed E-state index contributed by atoms with van der Waals surface area (Å²) in [5, 5.41) is 21.9. The molecule has 0 fully saturated rings. The van der Waals surface area contributed by atoms with Crippen LogP contribution in [0.4, 0.5) is 5.69 Å². The van der Waals surface area contributed by atoms with Crippen molar-refractivity contribution < 1.29 is 5.11 Å². The average Bonchev–Trinajstić information content (AvgIpc) is 2.25. The van der Waals surface area contributed by atoms with Gasteiger partial charge in [0.1, 0.15) is 6.07 Å². The van der Waals surface area contributed by atoms with E-state index >= 15 is 0 Å². The first-order valence-corrected chi connectivity index (χ1v) is 5.61. The Balaban J connectivity index is 2.64. The van der Waals surface area contributed by atoms with Crippen LogP contribution in [0.25, 0.3) is 0 Å². The third-order valence-electron chi connectivity index (χ3n) is 2.49. The van der Waals surface area contributed by atoms with Crippen LogP contribution in [0.1, 0.15) is 11.1 Å². The fourth-order valence-electron chi connectivity index (χ4n) is 1.68. The van der Waals surface area contributed by atoms with Crippen molar-refractivity contribution in [1.82, 2.24) is 4.90 Å². The van der Waals surface area contributed by atoms with Crippen LogP contribution in [-0.4, -0.2) is 43.3 Å². The second kappa shape index (κ2) is 6.24.